The van der Waals surface area contributed by atoms with Gasteiger partial charge in [-0.2, -0.15) is 0 Å². The van der Waals surface area contributed by atoms with E-state index in [0.717, 1.165) is 30.8 Å². The number of aliphatic hydroxyl groups excluding tert-OH is 1. The number of ether oxygens (including phenoxy) is 1. The molecule has 0 bridgehead atoms. The molecule has 1 saturated heterocycles. The Morgan fingerprint density at radius 2 is 1.93 bits per heavy atom. The summed E-state index contributed by atoms with van der Waals surface area (Å²) in [5.74, 6) is 0.904. The Balaban J connectivity index is 1.67. The van der Waals surface area contributed by atoms with Crippen LogP contribution < -0.4 is 10.1 Å². The standard InChI is InChI=1S/C22H28N2O3/c1-2-27-21-11-7-6-10-18(21)14-24-13-12-19(16-25)20(15-24)23-22(26)17-8-4-3-5-9-17/h3-11,19-20,25H,2,12-16H2,1H3,(H,23,26). The third kappa shape index (κ3) is 5.08. The number of para-hydroxylation sites is 1. The van der Waals surface area contributed by atoms with Crippen LogP contribution >= 0.6 is 0 Å². The molecule has 2 N–H and O–H groups in total. The van der Waals surface area contributed by atoms with Gasteiger partial charge in [0.25, 0.3) is 5.91 Å². The van der Waals surface area contributed by atoms with E-state index < -0.39 is 0 Å². The number of amides is 1. The highest BCUT2D eigenvalue weighted by molar-refractivity contribution is 5.94. The zero-order valence-corrected chi connectivity index (χ0v) is 15.8. The Morgan fingerprint density at radius 3 is 2.67 bits per heavy atom. The molecule has 1 heterocycles. The van der Waals surface area contributed by atoms with E-state index in [4.69, 9.17) is 4.74 Å². The van der Waals surface area contributed by atoms with Gasteiger partial charge in [0, 0.05) is 42.8 Å². The van der Waals surface area contributed by atoms with Crippen LogP contribution in [0.3, 0.4) is 0 Å². The van der Waals surface area contributed by atoms with Crippen molar-refractivity contribution in [3.05, 3.63) is 65.7 Å². The van der Waals surface area contributed by atoms with Gasteiger partial charge in [0.1, 0.15) is 5.75 Å². The maximum Gasteiger partial charge on any atom is 0.251 e. The largest absolute Gasteiger partial charge is 0.494 e. The molecule has 5 heteroatoms. The van der Waals surface area contributed by atoms with Crippen LogP contribution in [-0.4, -0.2) is 48.3 Å². The molecule has 1 fully saturated rings. The van der Waals surface area contributed by atoms with Crippen LogP contribution in [0, 0.1) is 5.92 Å². The van der Waals surface area contributed by atoms with Gasteiger partial charge in [-0.1, -0.05) is 36.4 Å². The summed E-state index contributed by atoms with van der Waals surface area (Å²) in [6.45, 7) is 5.08. The number of nitrogens with one attached hydrogen (secondary N) is 1. The van der Waals surface area contributed by atoms with Crippen molar-refractivity contribution < 1.29 is 14.6 Å². The van der Waals surface area contributed by atoms with Crippen molar-refractivity contribution >= 4 is 5.91 Å². The summed E-state index contributed by atoms with van der Waals surface area (Å²) in [6.07, 6.45) is 0.854. The number of carbonyl (C=O) groups is 1. The third-order valence-corrected chi connectivity index (χ3v) is 5.09. The minimum absolute atomic E-state index is 0.0734. The molecule has 0 radical (unpaired) electrons. The van der Waals surface area contributed by atoms with Gasteiger partial charge in [-0.25, -0.2) is 0 Å². The van der Waals surface area contributed by atoms with Crippen molar-refractivity contribution in [3.63, 3.8) is 0 Å². The van der Waals surface area contributed by atoms with Crippen LogP contribution in [0.15, 0.2) is 54.6 Å². The zero-order chi connectivity index (χ0) is 19.1. The number of hydrogen-bond acceptors (Lipinski definition) is 4. The molecule has 1 amide bonds. The molecule has 1 aliphatic heterocycles. The minimum Gasteiger partial charge on any atom is -0.494 e. The van der Waals surface area contributed by atoms with Crippen molar-refractivity contribution in [1.29, 1.82) is 0 Å². The highest BCUT2D eigenvalue weighted by atomic mass is 16.5. The van der Waals surface area contributed by atoms with E-state index in [-0.39, 0.29) is 24.5 Å². The van der Waals surface area contributed by atoms with Gasteiger partial charge < -0.3 is 15.2 Å². The lowest BCUT2D eigenvalue weighted by molar-refractivity contribution is 0.0728. The third-order valence-electron chi connectivity index (χ3n) is 5.09. The quantitative estimate of drug-likeness (QED) is 0.789. The Labute approximate surface area is 161 Å². The fraction of sp³-hybridized carbons (Fsp3) is 0.409. The normalized spacial score (nSPS) is 20.2. The second kappa shape index (κ2) is 9.53. The van der Waals surface area contributed by atoms with Crippen molar-refractivity contribution in [1.82, 2.24) is 10.2 Å². The maximum atomic E-state index is 12.5. The van der Waals surface area contributed by atoms with Crippen molar-refractivity contribution in [2.24, 2.45) is 5.92 Å². The fourth-order valence-electron chi connectivity index (χ4n) is 3.61. The van der Waals surface area contributed by atoms with E-state index in [9.17, 15) is 9.90 Å². The molecule has 2 atom stereocenters. The highest BCUT2D eigenvalue weighted by Crippen LogP contribution is 2.24. The summed E-state index contributed by atoms with van der Waals surface area (Å²) in [5.41, 5.74) is 1.79. The second-order valence-electron chi connectivity index (χ2n) is 6.95. The van der Waals surface area contributed by atoms with Crippen LogP contribution in [0.2, 0.25) is 0 Å². The number of nitrogens with zero attached hydrogens (tertiary/aromatic N) is 1. The summed E-state index contributed by atoms with van der Waals surface area (Å²) in [6, 6.07) is 17.2. The Hall–Kier alpha value is -2.37. The van der Waals surface area contributed by atoms with E-state index in [2.05, 4.69) is 16.3 Å². The SMILES string of the molecule is CCOc1ccccc1CN1CCC(CO)C(NC(=O)c2ccccc2)C1. The van der Waals surface area contributed by atoms with E-state index in [1.54, 1.807) is 0 Å². The molecule has 27 heavy (non-hydrogen) atoms. The van der Waals surface area contributed by atoms with Gasteiger partial charge in [0.05, 0.1) is 6.61 Å². The van der Waals surface area contributed by atoms with Crippen molar-refractivity contribution in [2.45, 2.75) is 25.9 Å². The molecule has 0 aliphatic carbocycles. The number of piperidine rings is 1. The lowest BCUT2D eigenvalue weighted by Gasteiger charge is -2.38. The summed E-state index contributed by atoms with van der Waals surface area (Å²) in [7, 11) is 0. The molecule has 5 nitrogen and oxygen atoms in total. The molecule has 0 spiro atoms. The van der Waals surface area contributed by atoms with E-state index >= 15 is 0 Å². The first-order valence-electron chi connectivity index (χ1n) is 9.61. The Kier molecular flexibility index (Phi) is 6.85. The molecule has 0 aromatic heterocycles. The lowest BCUT2D eigenvalue weighted by Crippen LogP contribution is -2.53. The van der Waals surface area contributed by atoms with Gasteiger partial charge in [-0.05, 0) is 38.1 Å². The summed E-state index contributed by atoms with van der Waals surface area (Å²) >= 11 is 0. The van der Waals surface area contributed by atoms with Crippen LogP contribution in [0.4, 0.5) is 0 Å². The smallest absolute Gasteiger partial charge is 0.251 e. The highest BCUT2D eigenvalue weighted by Gasteiger charge is 2.30. The predicted molar refractivity (Wildman–Crippen MR) is 106 cm³/mol. The van der Waals surface area contributed by atoms with Crippen molar-refractivity contribution in [2.75, 3.05) is 26.3 Å². The number of aliphatic hydroxyl groups is 1. The average molecular weight is 368 g/mol. The number of hydrogen-bond donors (Lipinski definition) is 2. The van der Waals surface area contributed by atoms with Crippen LogP contribution in [0.5, 0.6) is 5.75 Å². The first kappa shape index (κ1) is 19.4. The Morgan fingerprint density at radius 1 is 1.19 bits per heavy atom. The summed E-state index contributed by atoms with van der Waals surface area (Å²) in [4.78, 5) is 14.9. The second-order valence-corrected chi connectivity index (χ2v) is 6.95. The first-order chi connectivity index (χ1) is 13.2. The Bertz CT molecular complexity index is 735. The molecule has 2 aromatic rings. The van der Waals surface area contributed by atoms with E-state index in [1.165, 1.54) is 0 Å². The minimum atomic E-state index is -0.0874. The average Bonchev–Trinajstić information content (AvgIpc) is 2.70. The predicted octanol–water partition coefficient (Wildman–Crippen LogP) is 2.70. The molecule has 2 unspecified atom stereocenters. The topological polar surface area (TPSA) is 61.8 Å². The molecule has 144 valence electrons. The van der Waals surface area contributed by atoms with Crippen LogP contribution in [-0.2, 0) is 6.54 Å². The number of carbonyl (C=O) groups excluding carboxylic acids is 1. The number of likely N-dealkylation sites (tertiary alicyclic amines) is 1. The van der Waals surface area contributed by atoms with Crippen LogP contribution in [0.1, 0.15) is 29.3 Å². The molecular formula is C22H28N2O3. The van der Waals surface area contributed by atoms with Gasteiger partial charge in [0.2, 0.25) is 0 Å². The van der Waals surface area contributed by atoms with Gasteiger partial charge >= 0.3 is 0 Å². The van der Waals surface area contributed by atoms with E-state index in [1.807, 2.05) is 55.5 Å². The molecule has 3 rings (SSSR count). The summed E-state index contributed by atoms with van der Waals surface area (Å²) < 4.78 is 5.73. The van der Waals surface area contributed by atoms with Gasteiger partial charge in [0.15, 0.2) is 0 Å². The molecular weight excluding hydrogens is 340 g/mol. The van der Waals surface area contributed by atoms with Gasteiger partial charge in [-0.3, -0.25) is 9.69 Å². The molecule has 2 aromatic carbocycles. The van der Waals surface area contributed by atoms with Crippen LogP contribution in [0.25, 0.3) is 0 Å². The van der Waals surface area contributed by atoms with Gasteiger partial charge in [-0.15, -0.1) is 0 Å². The first-order valence-corrected chi connectivity index (χ1v) is 9.61. The lowest BCUT2D eigenvalue weighted by atomic mass is 9.91. The number of rotatable bonds is 7. The number of benzene rings is 2. The van der Waals surface area contributed by atoms with Crippen molar-refractivity contribution in [3.8, 4) is 5.75 Å². The molecule has 0 saturated carbocycles. The van der Waals surface area contributed by atoms with E-state index in [0.29, 0.717) is 18.7 Å². The zero-order valence-electron chi connectivity index (χ0n) is 15.8. The summed E-state index contributed by atoms with van der Waals surface area (Å²) in [5, 5.41) is 12.9. The monoisotopic (exact) mass is 368 g/mol. The maximum absolute atomic E-state index is 12.5. The molecule has 1 aliphatic rings. The fourth-order valence-corrected chi connectivity index (χ4v) is 3.61.